The number of unbranched alkanes of at least 4 members (excludes halogenated alkanes) is 6. The standard InChI is InChI=1S/C27H50O4/c1-21(2)14-10-8-6-5-7-9-11-18-25(19-12-15-22(3)4)31-27(30)24-17-13-16-23(20-24)26(28)29/h21-25H,5-20H2,1-4H3,(H,28,29). The van der Waals surface area contributed by atoms with E-state index < -0.39 is 5.97 Å². The van der Waals surface area contributed by atoms with Crippen molar-refractivity contribution in [3.8, 4) is 0 Å². The first-order valence-corrected chi connectivity index (χ1v) is 13.2. The second kappa shape index (κ2) is 16.6. The molecule has 1 rings (SSSR count). The number of aliphatic carboxylic acids is 1. The van der Waals surface area contributed by atoms with Crippen LogP contribution in [0.1, 0.15) is 130 Å². The largest absolute Gasteiger partial charge is 0.481 e. The minimum Gasteiger partial charge on any atom is -0.481 e. The molecule has 1 saturated carbocycles. The van der Waals surface area contributed by atoms with Crippen LogP contribution in [0.3, 0.4) is 0 Å². The molecule has 0 aromatic carbocycles. The summed E-state index contributed by atoms with van der Waals surface area (Å²) >= 11 is 0. The molecule has 1 aliphatic rings. The maximum Gasteiger partial charge on any atom is 0.309 e. The fraction of sp³-hybridized carbons (Fsp3) is 0.926. The van der Waals surface area contributed by atoms with Gasteiger partial charge >= 0.3 is 11.9 Å². The van der Waals surface area contributed by atoms with E-state index in [0.29, 0.717) is 18.8 Å². The summed E-state index contributed by atoms with van der Waals surface area (Å²) in [6.45, 7) is 9.05. The molecule has 0 amide bonds. The predicted molar refractivity (Wildman–Crippen MR) is 128 cm³/mol. The quantitative estimate of drug-likeness (QED) is 0.186. The molecule has 1 aliphatic carbocycles. The van der Waals surface area contributed by atoms with Crippen molar-refractivity contribution in [2.24, 2.45) is 23.7 Å². The van der Waals surface area contributed by atoms with Gasteiger partial charge in [-0.1, -0.05) is 85.5 Å². The third kappa shape index (κ3) is 13.9. The van der Waals surface area contributed by atoms with Crippen LogP contribution in [0.2, 0.25) is 0 Å². The van der Waals surface area contributed by atoms with Crippen molar-refractivity contribution in [2.45, 2.75) is 137 Å². The smallest absolute Gasteiger partial charge is 0.309 e. The van der Waals surface area contributed by atoms with E-state index in [9.17, 15) is 14.7 Å². The normalized spacial score (nSPS) is 20.2. The number of esters is 1. The molecular formula is C27H50O4. The van der Waals surface area contributed by atoms with E-state index in [2.05, 4.69) is 27.7 Å². The van der Waals surface area contributed by atoms with E-state index in [0.717, 1.165) is 50.9 Å². The van der Waals surface area contributed by atoms with E-state index in [-0.39, 0.29) is 23.9 Å². The molecule has 3 unspecified atom stereocenters. The van der Waals surface area contributed by atoms with Gasteiger partial charge in [0.2, 0.25) is 0 Å². The van der Waals surface area contributed by atoms with Crippen LogP contribution >= 0.6 is 0 Å². The molecule has 0 heterocycles. The lowest BCUT2D eigenvalue weighted by Gasteiger charge is -2.27. The highest BCUT2D eigenvalue weighted by Gasteiger charge is 2.32. The van der Waals surface area contributed by atoms with E-state index in [4.69, 9.17) is 4.74 Å². The van der Waals surface area contributed by atoms with Crippen LogP contribution in [0.15, 0.2) is 0 Å². The molecule has 0 aromatic heterocycles. The Hall–Kier alpha value is -1.06. The Bertz CT molecular complexity index is 486. The van der Waals surface area contributed by atoms with Gasteiger partial charge in [-0.25, -0.2) is 0 Å². The summed E-state index contributed by atoms with van der Waals surface area (Å²) in [5.41, 5.74) is 0. The number of carboxylic acid groups (broad SMARTS) is 1. The first kappa shape index (κ1) is 28.0. The number of carbonyl (C=O) groups is 2. The molecule has 1 fully saturated rings. The monoisotopic (exact) mass is 438 g/mol. The average molecular weight is 439 g/mol. The van der Waals surface area contributed by atoms with Crippen LogP contribution in [0, 0.1) is 23.7 Å². The molecule has 0 bridgehead atoms. The molecule has 0 aromatic rings. The number of carbonyl (C=O) groups excluding carboxylic acids is 1. The van der Waals surface area contributed by atoms with Gasteiger partial charge in [-0.05, 0) is 56.8 Å². The second-order valence-corrected chi connectivity index (χ2v) is 10.7. The van der Waals surface area contributed by atoms with E-state index in [1.54, 1.807) is 0 Å². The summed E-state index contributed by atoms with van der Waals surface area (Å²) in [7, 11) is 0. The molecule has 0 aliphatic heterocycles. The van der Waals surface area contributed by atoms with Crippen LogP contribution in [0.25, 0.3) is 0 Å². The maximum absolute atomic E-state index is 12.7. The molecule has 0 radical (unpaired) electrons. The second-order valence-electron chi connectivity index (χ2n) is 10.7. The van der Waals surface area contributed by atoms with Gasteiger partial charge in [-0.15, -0.1) is 0 Å². The summed E-state index contributed by atoms with van der Waals surface area (Å²) in [6, 6.07) is 0. The molecule has 4 heteroatoms. The lowest BCUT2D eigenvalue weighted by Crippen LogP contribution is -2.31. The third-order valence-corrected chi connectivity index (χ3v) is 6.75. The minimum absolute atomic E-state index is 0.00231. The van der Waals surface area contributed by atoms with Crippen molar-refractivity contribution in [3.63, 3.8) is 0 Å². The first-order valence-electron chi connectivity index (χ1n) is 13.2. The van der Waals surface area contributed by atoms with Gasteiger partial charge < -0.3 is 9.84 Å². The Morgan fingerprint density at radius 3 is 1.81 bits per heavy atom. The van der Waals surface area contributed by atoms with E-state index in [1.807, 2.05) is 0 Å². The van der Waals surface area contributed by atoms with Crippen molar-refractivity contribution in [3.05, 3.63) is 0 Å². The topological polar surface area (TPSA) is 63.6 Å². The number of ether oxygens (including phenoxy) is 1. The van der Waals surface area contributed by atoms with Crippen LogP contribution in [0.4, 0.5) is 0 Å². The number of hydrogen-bond donors (Lipinski definition) is 1. The van der Waals surface area contributed by atoms with Crippen molar-refractivity contribution in [1.29, 1.82) is 0 Å². The van der Waals surface area contributed by atoms with E-state index in [1.165, 1.54) is 44.9 Å². The molecule has 182 valence electrons. The molecule has 4 nitrogen and oxygen atoms in total. The van der Waals surface area contributed by atoms with Gasteiger partial charge in [0.1, 0.15) is 6.10 Å². The van der Waals surface area contributed by atoms with Crippen molar-refractivity contribution in [2.75, 3.05) is 0 Å². The van der Waals surface area contributed by atoms with Gasteiger partial charge in [0, 0.05) is 0 Å². The molecule has 0 spiro atoms. The first-order chi connectivity index (χ1) is 14.8. The Labute approximate surface area is 191 Å². The zero-order valence-corrected chi connectivity index (χ0v) is 20.9. The molecule has 31 heavy (non-hydrogen) atoms. The van der Waals surface area contributed by atoms with Crippen LogP contribution < -0.4 is 0 Å². The van der Waals surface area contributed by atoms with Crippen molar-refractivity contribution in [1.82, 2.24) is 0 Å². The summed E-state index contributed by atoms with van der Waals surface area (Å²) in [5, 5.41) is 9.29. The summed E-state index contributed by atoms with van der Waals surface area (Å²) in [5.74, 6) is -0.0407. The van der Waals surface area contributed by atoms with Crippen molar-refractivity contribution >= 4 is 11.9 Å². The zero-order valence-electron chi connectivity index (χ0n) is 20.9. The average Bonchev–Trinajstić information content (AvgIpc) is 2.71. The highest BCUT2D eigenvalue weighted by molar-refractivity contribution is 5.75. The summed E-state index contributed by atoms with van der Waals surface area (Å²) in [4.78, 5) is 24.1. The van der Waals surface area contributed by atoms with E-state index >= 15 is 0 Å². The summed E-state index contributed by atoms with van der Waals surface area (Å²) < 4.78 is 5.95. The van der Waals surface area contributed by atoms with Crippen LogP contribution in [-0.2, 0) is 14.3 Å². The Kier molecular flexibility index (Phi) is 14.9. The highest BCUT2D eigenvalue weighted by Crippen LogP contribution is 2.31. The molecule has 3 atom stereocenters. The Balaban J connectivity index is 2.33. The number of hydrogen-bond acceptors (Lipinski definition) is 3. The Morgan fingerprint density at radius 2 is 1.23 bits per heavy atom. The van der Waals surface area contributed by atoms with Gasteiger partial charge in [-0.2, -0.15) is 0 Å². The summed E-state index contributed by atoms with van der Waals surface area (Å²) in [6.07, 6.45) is 17.2. The highest BCUT2D eigenvalue weighted by atomic mass is 16.5. The zero-order chi connectivity index (χ0) is 23.1. The lowest BCUT2D eigenvalue weighted by atomic mass is 9.81. The predicted octanol–water partition coefficient (Wildman–Crippen LogP) is 7.78. The van der Waals surface area contributed by atoms with Gasteiger partial charge in [0.25, 0.3) is 0 Å². The number of carboxylic acids is 1. The van der Waals surface area contributed by atoms with Crippen molar-refractivity contribution < 1.29 is 19.4 Å². The van der Waals surface area contributed by atoms with Gasteiger partial charge in [-0.3, -0.25) is 9.59 Å². The lowest BCUT2D eigenvalue weighted by molar-refractivity contribution is -0.158. The third-order valence-electron chi connectivity index (χ3n) is 6.75. The minimum atomic E-state index is -0.768. The molecular weight excluding hydrogens is 388 g/mol. The number of rotatable bonds is 17. The van der Waals surface area contributed by atoms with Gasteiger partial charge in [0.05, 0.1) is 11.8 Å². The molecule has 1 N–H and O–H groups in total. The van der Waals surface area contributed by atoms with Crippen LogP contribution in [-0.4, -0.2) is 23.1 Å². The van der Waals surface area contributed by atoms with Gasteiger partial charge in [0.15, 0.2) is 0 Å². The SMILES string of the molecule is CC(C)CCCCCCCCCC(CCCC(C)C)OC(=O)C1CCCC(C(=O)O)C1. The molecule has 0 saturated heterocycles. The van der Waals surface area contributed by atoms with Crippen LogP contribution in [0.5, 0.6) is 0 Å². The Morgan fingerprint density at radius 1 is 0.742 bits per heavy atom. The maximum atomic E-state index is 12.7. The fourth-order valence-electron chi connectivity index (χ4n) is 4.71. The fourth-order valence-corrected chi connectivity index (χ4v) is 4.71.